The monoisotopic (exact) mass is 468 g/mol. The Labute approximate surface area is 173 Å². The van der Waals surface area contributed by atoms with Crippen molar-refractivity contribution in [2.75, 3.05) is 26.2 Å². The molecular weight excluding hydrogens is 439 g/mol. The number of aromatic nitrogens is 3. The minimum atomic E-state index is 0. The van der Waals surface area contributed by atoms with Crippen molar-refractivity contribution >= 4 is 29.9 Å². The van der Waals surface area contributed by atoms with Crippen molar-refractivity contribution < 1.29 is 0 Å². The van der Waals surface area contributed by atoms with Crippen LogP contribution in [0.1, 0.15) is 37.6 Å². The summed E-state index contributed by atoms with van der Waals surface area (Å²) in [7, 11) is 0. The number of aryl methyl sites for hydroxylation is 1. The number of aliphatic imine (C=N–C) groups is 1. The van der Waals surface area contributed by atoms with E-state index in [0.29, 0.717) is 5.92 Å². The molecule has 1 aromatic carbocycles. The molecule has 2 heterocycles. The molecule has 0 amide bonds. The third-order valence-electron chi connectivity index (χ3n) is 4.71. The topological polar surface area (TPSA) is 58.3 Å². The lowest BCUT2D eigenvalue weighted by atomic mass is 9.99. The van der Waals surface area contributed by atoms with E-state index in [9.17, 15) is 0 Å². The Bertz CT molecular complexity index is 684. The Kier molecular flexibility index (Phi) is 8.34. The number of nitrogens with zero attached hydrogens (tertiary/aromatic N) is 5. The molecule has 3 rings (SSSR count). The second-order valence-corrected chi connectivity index (χ2v) is 6.37. The minimum absolute atomic E-state index is 0. The van der Waals surface area contributed by atoms with E-state index in [2.05, 4.69) is 69.2 Å². The van der Waals surface area contributed by atoms with Gasteiger partial charge in [0, 0.05) is 38.5 Å². The predicted molar refractivity (Wildman–Crippen MR) is 116 cm³/mol. The molecule has 0 bridgehead atoms. The molecule has 6 nitrogen and oxygen atoms in total. The van der Waals surface area contributed by atoms with Crippen molar-refractivity contribution in [3.63, 3.8) is 0 Å². The van der Waals surface area contributed by atoms with Crippen LogP contribution in [-0.2, 0) is 13.0 Å². The highest BCUT2D eigenvalue weighted by Gasteiger charge is 2.25. The molecule has 1 atom stereocenters. The summed E-state index contributed by atoms with van der Waals surface area (Å²) >= 11 is 0. The normalized spacial score (nSPS) is 17.2. The van der Waals surface area contributed by atoms with Gasteiger partial charge < -0.3 is 14.8 Å². The Morgan fingerprint density at radius 1 is 1.27 bits per heavy atom. The van der Waals surface area contributed by atoms with Crippen LogP contribution < -0.4 is 5.32 Å². The summed E-state index contributed by atoms with van der Waals surface area (Å²) in [6.45, 7) is 8.75. The molecule has 1 aliphatic rings. The van der Waals surface area contributed by atoms with Crippen LogP contribution in [0.25, 0.3) is 0 Å². The maximum Gasteiger partial charge on any atom is 0.193 e. The highest BCUT2D eigenvalue weighted by atomic mass is 127. The molecule has 0 radical (unpaired) electrons. The van der Waals surface area contributed by atoms with E-state index in [4.69, 9.17) is 4.99 Å². The van der Waals surface area contributed by atoms with Crippen molar-refractivity contribution in [3.8, 4) is 0 Å². The van der Waals surface area contributed by atoms with Gasteiger partial charge >= 0.3 is 0 Å². The van der Waals surface area contributed by atoms with Gasteiger partial charge in [0.15, 0.2) is 5.96 Å². The fourth-order valence-corrected chi connectivity index (χ4v) is 3.38. The number of benzene rings is 1. The van der Waals surface area contributed by atoms with Gasteiger partial charge in [0.05, 0.1) is 6.54 Å². The number of rotatable bonds is 6. The third-order valence-corrected chi connectivity index (χ3v) is 4.71. The molecule has 1 unspecified atom stereocenters. The smallest absolute Gasteiger partial charge is 0.193 e. The zero-order valence-corrected chi connectivity index (χ0v) is 18.0. The molecule has 1 N–H and O–H groups in total. The van der Waals surface area contributed by atoms with Crippen LogP contribution in [0.4, 0.5) is 0 Å². The molecule has 7 heteroatoms. The van der Waals surface area contributed by atoms with E-state index in [-0.39, 0.29) is 24.0 Å². The molecule has 26 heavy (non-hydrogen) atoms. The average molecular weight is 468 g/mol. The van der Waals surface area contributed by atoms with E-state index in [1.807, 2.05) is 0 Å². The molecule has 0 aliphatic carbocycles. The van der Waals surface area contributed by atoms with Crippen LogP contribution in [-0.4, -0.2) is 51.8 Å². The van der Waals surface area contributed by atoms with E-state index in [1.54, 1.807) is 6.33 Å². The molecule has 0 spiro atoms. The fraction of sp³-hybridized carbons (Fsp3) is 0.526. The van der Waals surface area contributed by atoms with Crippen molar-refractivity contribution in [1.82, 2.24) is 25.0 Å². The van der Waals surface area contributed by atoms with Crippen molar-refractivity contribution in [2.45, 2.75) is 39.2 Å². The lowest BCUT2D eigenvalue weighted by molar-refractivity contribution is 0.484. The lowest BCUT2D eigenvalue weighted by Gasteiger charge is -2.22. The Morgan fingerprint density at radius 2 is 2.08 bits per heavy atom. The summed E-state index contributed by atoms with van der Waals surface area (Å²) in [5.41, 5.74) is 1.43. The number of halogens is 1. The molecule has 1 aromatic heterocycles. The molecule has 2 aromatic rings. The standard InChI is InChI=1S/C19H28N6.HI/c1-3-18-23-22-15-25(18)13-11-21-19(20-4-2)24-12-10-17(14-24)16-8-6-5-7-9-16;/h5-9,15,17H,3-4,10-14H2,1-2H3,(H,20,21);1H. The van der Waals surface area contributed by atoms with Gasteiger partial charge in [-0.15, -0.1) is 34.2 Å². The SMILES string of the molecule is CCNC(=NCCn1cnnc1CC)N1CCC(c2ccccc2)C1.I. The number of hydrogen-bond donors (Lipinski definition) is 1. The molecule has 0 saturated carbocycles. The van der Waals surface area contributed by atoms with Gasteiger partial charge in [-0.05, 0) is 18.9 Å². The third kappa shape index (κ3) is 5.18. The summed E-state index contributed by atoms with van der Waals surface area (Å²) in [5.74, 6) is 2.63. The maximum atomic E-state index is 4.83. The van der Waals surface area contributed by atoms with Crippen LogP contribution >= 0.6 is 24.0 Å². The van der Waals surface area contributed by atoms with Crippen LogP contribution in [0.15, 0.2) is 41.7 Å². The Morgan fingerprint density at radius 3 is 2.81 bits per heavy atom. The van der Waals surface area contributed by atoms with E-state index in [1.165, 1.54) is 12.0 Å². The van der Waals surface area contributed by atoms with E-state index >= 15 is 0 Å². The van der Waals surface area contributed by atoms with Crippen molar-refractivity contribution in [2.24, 2.45) is 4.99 Å². The zero-order chi connectivity index (χ0) is 17.5. The second-order valence-electron chi connectivity index (χ2n) is 6.37. The first-order valence-electron chi connectivity index (χ1n) is 9.26. The first kappa shape index (κ1) is 20.7. The van der Waals surface area contributed by atoms with Gasteiger partial charge in [-0.25, -0.2) is 0 Å². The summed E-state index contributed by atoms with van der Waals surface area (Å²) in [4.78, 5) is 7.21. The van der Waals surface area contributed by atoms with Crippen molar-refractivity contribution in [1.29, 1.82) is 0 Å². The Hall–Kier alpha value is -1.64. The number of hydrogen-bond acceptors (Lipinski definition) is 3. The van der Waals surface area contributed by atoms with Crippen LogP contribution in [0.5, 0.6) is 0 Å². The van der Waals surface area contributed by atoms with Crippen LogP contribution in [0, 0.1) is 0 Å². The van der Waals surface area contributed by atoms with Gasteiger partial charge in [0.1, 0.15) is 12.2 Å². The first-order valence-corrected chi connectivity index (χ1v) is 9.26. The van der Waals surface area contributed by atoms with Gasteiger partial charge in [-0.2, -0.15) is 0 Å². The quantitative estimate of drug-likeness (QED) is 0.403. The summed E-state index contributed by atoms with van der Waals surface area (Å²) in [6, 6.07) is 10.8. The second kappa shape index (κ2) is 10.5. The summed E-state index contributed by atoms with van der Waals surface area (Å²) in [6.07, 6.45) is 3.87. The van der Waals surface area contributed by atoms with E-state index < -0.39 is 0 Å². The lowest BCUT2D eigenvalue weighted by Crippen LogP contribution is -2.40. The summed E-state index contributed by atoms with van der Waals surface area (Å²) in [5, 5.41) is 11.6. The minimum Gasteiger partial charge on any atom is -0.357 e. The number of nitrogens with one attached hydrogen (secondary N) is 1. The fourth-order valence-electron chi connectivity index (χ4n) is 3.38. The zero-order valence-electron chi connectivity index (χ0n) is 15.6. The first-order chi connectivity index (χ1) is 12.3. The van der Waals surface area contributed by atoms with Gasteiger partial charge in [-0.3, -0.25) is 4.99 Å². The molecule has 142 valence electrons. The average Bonchev–Trinajstić information content (AvgIpc) is 3.31. The molecule has 1 fully saturated rings. The largest absolute Gasteiger partial charge is 0.357 e. The van der Waals surface area contributed by atoms with Gasteiger partial charge in [0.2, 0.25) is 0 Å². The highest BCUT2D eigenvalue weighted by molar-refractivity contribution is 14.0. The summed E-state index contributed by atoms with van der Waals surface area (Å²) < 4.78 is 2.09. The maximum absolute atomic E-state index is 4.83. The molecular formula is C19H29IN6. The molecule has 1 saturated heterocycles. The van der Waals surface area contributed by atoms with Crippen LogP contribution in [0.2, 0.25) is 0 Å². The van der Waals surface area contributed by atoms with Gasteiger partial charge in [0.25, 0.3) is 0 Å². The van der Waals surface area contributed by atoms with Crippen LogP contribution in [0.3, 0.4) is 0 Å². The number of guanidine groups is 1. The predicted octanol–water partition coefficient (Wildman–Crippen LogP) is 2.91. The van der Waals surface area contributed by atoms with E-state index in [0.717, 1.165) is 50.9 Å². The highest BCUT2D eigenvalue weighted by Crippen LogP contribution is 2.26. The molecule has 1 aliphatic heterocycles. The Balaban J connectivity index is 0.00000243. The number of likely N-dealkylation sites (tertiary alicyclic amines) is 1. The van der Waals surface area contributed by atoms with Gasteiger partial charge in [-0.1, -0.05) is 37.3 Å². The van der Waals surface area contributed by atoms with Crippen molar-refractivity contribution in [3.05, 3.63) is 48.0 Å².